The molecular formula is C13H9F2IO. The molecule has 4 heteroatoms. The summed E-state index contributed by atoms with van der Waals surface area (Å²) in [5, 5.41) is 10.0. The molecule has 0 aromatic heterocycles. The van der Waals surface area contributed by atoms with E-state index in [1.807, 2.05) is 6.07 Å². The highest BCUT2D eigenvalue weighted by Crippen LogP contribution is 2.25. The van der Waals surface area contributed by atoms with E-state index in [0.29, 0.717) is 5.56 Å². The summed E-state index contributed by atoms with van der Waals surface area (Å²) < 4.78 is 27.2. The van der Waals surface area contributed by atoms with Gasteiger partial charge in [-0.3, -0.25) is 0 Å². The van der Waals surface area contributed by atoms with E-state index in [-0.39, 0.29) is 5.56 Å². The summed E-state index contributed by atoms with van der Waals surface area (Å²) >= 11 is 2.11. The van der Waals surface area contributed by atoms with Gasteiger partial charge in [0, 0.05) is 15.2 Å². The van der Waals surface area contributed by atoms with Crippen LogP contribution in [0, 0.1) is 15.2 Å². The minimum atomic E-state index is -1.08. The molecule has 1 atom stereocenters. The Morgan fingerprint density at radius 3 is 2.47 bits per heavy atom. The standard InChI is InChI=1S/C13H9F2IO/c14-9-4-5-11(12(15)7-9)13(17)8-2-1-3-10(16)6-8/h1-7,13,17H. The van der Waals surface area contributed by atoms with Crippen molar-refractivity contribution in [3.8, 4) is 0 Å². The summed E-state index contributed by atoms with van der Waals surface area (Å²) in [6.07, 6.45) is -1.08. The van der Waals surface area contributed by atoms with E-state index in [4.69, 9.17) is 0 Å². The Hall–Kier alpha value is -1.01. The van der Waals surface area contributed by atoms with Crippen molar-refractivity contribution < 1.29 is 13.9 Å². The summed E-state index contributed by atoms with van der Waals surface area (Å²) in [5.74, 6) is -1.39. The zero-order valence-electron chi connectivity index (χ0n) is 8.70. The zero-order chi connectivity index (χ0) is 12.4. The first-order valence-electron chi connectivity index (χ1n) is 4.96. The molecule has 0 amide bonds. The lowest BCUT2D eigenvalue weighted by atomic mass is 10.0. The first-order valence-corrected chi connectivity index (χ1v) is 6.04. The molecule has 0 saturated carbocycles. The molecule has 0 radical (unpaired) electrons. The van der Waals surface area contributed by atoms with Gasteiger partial charge in [0.1, 0.15) is 17.7 Å². The molecular weight excluding hydrogens is 337 g/mol. The molecule has 0 bridgehead atoms. The Labute approximate surface area is 111 Å². The van der Waals surface area contributed by atoms with E-state index in [2.05, 4.69) is 22.6 Å². The molecule has 0 aliphatic rings. The van der Waals surface area contributed by atoms with E-state index in [9.17, 15) is 13.9 Å². The fourth-order valence-electron chi connectivity index (χ4n) is 1.58. The fourth-order valence-corrected chi connectivity index (χ4v) is 2.15. The van der Waals surface area contributed by atoms with E-state index in [1.54, 1.807) is 18.2 Å². The van der Waals surface area contributed by atoms with Crippen molar-refractivity contribution in [1.29, 1.82) is 0 Å². The molecule has 88 valence electrons. The first-order chi connectivity index (χ1) is 8.08. The SMILES string of the molecule is OC(c1cccc(I)c1)c1ccc(F)cc1F. The minimum Gasteiger partial charge on any atom is -0.384 e. The monoisotopic (exact) mass is 346 g/mol. The molecule has 2 aromatic carbocycles. The van der Waals surface area contributed by atoms with Crippen molar-refractivity contribution in [2.24, 2.45) is 0 Å². The summed E-state index contributed by atoms with van der Waals surface area (Å²) in [4.78, 5) is 0. The van der Waals surface area contributed by atoms with E-state index < -0.39 is 17.7 Å². The quantitative estimate of drug-likeness (QED) is 0.823. The van der Waals surface area contributed by atoms with Crippen molar-refractivity contribution in [2.75, 3.05) is 0 Å². The maximum atomic E-state index is 13.5. The van der Waals surface area contributed by atoms with Crippen LogP contribution in [-0.4, -0.2) is 5.11 Å². The van der Waals surface area contributed by atoms with Gasteiger partial charge in [0.25, 0.3) is 0 Å². The van der Waals surface area contributed by atoms with Crippen LogP contribution in [0.5, 0.6) is 0 Å². The second kappa shape index (κ2) is 5.10. The third kappa shape index (κ3) is 2.81. The van der Waals surface area contributed by atoms with Crippen molar-refractivity contribution >= 4 is 22.6 Å². The molecule has 0 aliphatic carbocycles. The van der Waals surface area contributed by atoms with Crippen LogP contribution in [0.15, 0.2) is 42.5 Å². The molecule has 1 N–H and O–H groups in total. The average molecular weight is 346 g/mol. The van der Waals surface area contributed by atoms with Gasteiger partial charge in [0.2, 0.25) is 0 Å². The van der Waals surface area contributed by atoms with Crippen molar-refractivity contribution in [1.82, 2.24) is 0 Å². The third-order valence-electron chi connectivity index (χ3n) is 2.42. The summed E-state index contributed by atoms with van der Waals surface area (Å²) in [5.41, 5.74) is 0.663. The normalized spacial score (nSPS) is 12.5. The van der Waals surface area contributed by atoms with Crippen LogP contribution < -0.4 is 0 Å². The van der Waals surface area contributed by atoms with Crippen LogP contribution in [-0.2, 0) is 0 Å². The van der Waals surface area contributed by atoms with Crippen LogP contribution in [0.1, 0.15) is 17.2 Å². The number of benzene rings is 2. The molecule has 1 nitrogen and oxygen atoms in total. The molecule has 0 fully saturated rings. The highest BCUT2D eigenvalue weighted by Gasteiger charge is 2.15. The van der Waals surface area contributed by atoms with Gasteiger partial charge in [0.05, 0.1) is 0 Å². The number of halogens is 3. The van der Waals surface area contributed by atoms with Gasteiger partial charge in [0.15, 0.2) is 0 Å². The lowest BCUT2D eigenvalue weighted by Gasteiger charge is -2.12. The van der Waals surface area contributed by atoms with Gasteiger partial charge in [-0.25, -0.2) is 8.78 Å². The summed E-state index contributed by atoms with van der Waals surface area (Å²) in [6, 6.07) is 10.3. The predicted molar refractivity (Wildman–Crippen MR) is 69.6 cm³/mol. The van der Waals surface area contributed by atoms with E-state index in [0.717, 1.165) is 15.7 Å². The highest BCUT2D eigenvalue weighted by molar-refractivity contribution is 14.1. The average Bonchev–Trinajstić information content (AvgIpc) is 2.28. The predicted octanol–water partition coefficient (Wildman–Crippen LogP) is 3.65. The molecule has 0 aliphatic heterocycles. The number of aliphatic hydroxyl groups excluding tert-OH is 1. The van der Waals surface area contributed by atoms with Crippen LogP contribution in [0.25, 0.3) is 0 Å². The fraction of sp³-hybridized carbons (Fsp3) is 0.0769. The van der Waals surface area contributed by atoms with Crippen LogP contribution in [0.3, 0.4) is 0 Å². The molecule has 0 saturated heterocycles. The lowest BCUT2D eigenvalue weighted by Crippen LogP contribution is -2.03. The Morgan fingerprint density at radius 2 is 1.82 bits per heavy atom. The Kier molecular flexibility index (Phi) is 3.73. The third-order valence-corrected chi connectivity index (χ3v) is 3.09. The molecule has 0 heterocycles. The smallest absolute Gasteiger partial charge is 0.132 e. The molecule has 2 aromatic rings. The number of rotatable bonds is 2. The number of hydrogen-bond donors (Lipinski definition) is 1. The second-order valence-corrected chi connectivity index (χ2v) is 4.87. The molecule has 1 unspecified atom stereocenters. The van der Waals surface area contributed by atoms with Gasteiger partial charge >= 0.3 is 0 Å². The lowest BCUT2D eigenvalue weighted by molar-refractivity contribution is 0.214. The van der Waals surface area contributed by atoms with Crippen molar-refractivity contribution in [3.05, 3.63) is 68.8 Å². The van der Waals surface area contributed by atoms with Crippen molar-refractivity contribution in [2.45, 2.75) is 6.10 Å². The van der Waals surface area contributed by atoms with Gasteiger partial charge in [-0.15, -0.1) is 0 Å². The van der Waals surface area contributed by atoms with Gasteiger partial charge in [-0.05, 0) is 46.4 Å². The topological polar surface area (TPSA) is 20.2 Å². The number of aliphatic hydroxyl groups is 1. The molecule has 2 rings (SSSR count). The van der Waals surface area contributed by atoms with Gasteiger partial charge in [-0.1, -0.05) is 18.2 Å². The largest absolute Gasteiger partial charge is 0.384 e. The Balaban J connectivity index is 2.40. The van der Waals surface area contributed by atoms with Crippen LogP contribution in [0.4, 0.5) is 8.78 Å². The van der Waals surface area contributed by atoms with Gasteiger partial charge < -0.3 is 5.11 Å². The van der Waals surface area contributed by atoms with Crippen LogP contribution in [0.2, 0.25) is 0 Å². The Morgan fingerprint density at radius 1 is 1.06 bits per heavy atom. The first kappa shape index (κ1) is 12.4. The zero-order valence-corrected chi connectivity index (χ0v) is 10.9. The number of hydrogen-bond acceptors (Lipinski definition) is 1. The summed E-state index contributed by atoms with van der Waals surface area (Å²) in [7, 11) is 0. The molecule has 0 spiro atoms. The van der Waals surface area contributed by atoms with Crippen LogP contribution >= 0.6 is 22.6 Å². The highest BCUT2D eigenvalue weighted by atomic mass is 127. The van der Waals surface area contributed by atoms with E-state index in [1.165, 1.54) is 6.07 Å². The van der Waals surface area contributed by atoms with Gasteiger partial charge in [-0.2, -0.15) is 0 Å². The maximum absolute atomic E-state index is 13.5. The maximum Gasteiger partial charge on any atom is 0.132 e. The second-order valence-electron chi connectivity index (χ2n) is 3.62. The molecule has 17 heavy (non-hydrogen) atoms. The van der Waals surface area contributed by atoms with E-state index >= 15 is 0 Å². The summed E-state index contributed by atoms with van der Waals surface area (Å²) in [6.45, 7) is 0. The van der Waals surface area contributed by atoms with Crippen molar-refractivity contribution in [3.63, 3.8) is 0 Å². The minimum absolute atomic E-state index is 0.0772. The Bertz CT molecular complexity index is 543.